The number of benzene rings is 2. The number of carbonyl (C=O) groups is 1. The van der Waals surface area contributed by atoms with Gasteiger partial charge in [-0.2, -0.15) is 0 Å². The van der Waals surface area contributed by atoms with Crippen LogP contribution in [0, 0.1) is 0 Å². The minimum atomic E-state index is 0.462. The van der Waals surface area contributed by atoms with E-state index in [2.05, 4.69) is 0 Å². The molecule has 0 bridgehead atoms. The molecule has 0 aliphatic rings. The van der Waals surface area contributed by atoms with E-state index < -0.39 is 0 Å². The zero-order valence-corrected chi connectivity index (χ0v) is 9.50. The number of hydrogen-bond acceptors (Lipinski definition) is 2. The first-order valence-electron chi connectivity index (χ1n) is 5.55. The molecule has 0 unspecified atom stereocenters. The summed E-state index contributed by atoms with van der Waals surface area (Å²) in [6.07, 6.45) is 0.862. The Morgan fingerprint density at radius 3 is 2.35 bits per heavy atom. The van der Waals surface area contributed by atoms with Crippen LogP contribution < -0.4 is 0 Å². The molecule has 0 aromatic heterocycles. The van der Waals surface area contributed by atoms with Crippen molar-refractivity contribution < 1.29 is 9.53 Å². The monoisotopic (exact) mass is 226 g/mol. The summed E-state index contributed by atoms with van der Waals surface area (Å²) in [5.41, 5.74) is 2.76. The maximum atomic E-state index is 10.8. The highest BCUT2D eigenvalue weighted by Gasteiger charge is 2.00. The van der Waals surface area contributed by atoms with Crippen molar-refractivity contribution in [2.75, 3.05) is 0 Å². The van der Waals surface area contributed by atoms with Gasteiger partial charge in [-0.1, -0.05) is 54.6 Å². The Morgan fingerprint density at radius 1 is 0.882 bits per heavy atom. The van der Waals surface area contributed by atoms with Gasteiger partial charge in [-0.3, -0.25) is 4.79 Å². The first-order chi connectivity index (χ1) is 8.40. The van der Waals surface area contributed by atoms with Crippen molar-refractivity contribution in [3.63, 3.8) is 0 Å². The van der Waals surface area contributed by atoms with Crippen molar-refractivity contribution in [2.24, 2.45) is 0 Å². The fraction of sp³-hybridized carbons (Fsp3) is 0.133. The Kier molecular flexibility index (Phi) is 4.05. The summed E-state index contributed by atoms with van der Waals surface area (Å²) in [5.74, 6) is 0. The van der Waals surface area contributed by atoms with E-state index in [0.29, 0.717) is 18.8 Å². The molecule has 2 aromatic rings. The minimum Gasteiger partial charge on any atom is -0.372 e. The van der Waals surface area contributed by atoms with E-state index in [9.17, 15) is 4.79 Å². The Morgan fingerprint density at radius 2 is 1.59 bits per heavy atom. The predicted molar refractivity (Wildman–Crippen MR) is 66.8 cm³/mol. The van der Waals surface area contributed by atoms with Crippen LogP contribution in [0.25, 0.3) is 0 Å². The molecule has 0 saturated carbocycles. The number of ether oxygens (including phenoxy) is 1. The van der Waals surface area contributed by atoms with Crippen LogP contribution in [0.5, 0.6) is 0 Å². The summed E-state index contributed by atoms with van der Waals surface area (Å²) in [5, 5.41) is 0. The molecular formula is C15H14O2. The van der Waals surface area contributed by atoms with Gasteiger partial charge < -0.3 is 4.74 Å². The summed E-state index contributed by atoms with van der Waals surface area (Å²) in [6, 6.07) is 17.5. The van der Waals surface area contributed by atoms with E-state index in [4.69, 9.17) is 4.74 Å². The quantitative estimate of drug-likeness (QED) is 0.732. The molecule has 17 heavy (non-hydrogen) atoms. The molecule has 2 nitrogen and oxygen atoms in total. The van der Waals surface area contributed by atoms with Crippen LogP contribution in [0.15, 0.2) is 54.6 Å². The van der Waals surface area contributed by atoms with Gasteiger partial charge in [0, 0.05) is 5.56 Å². The van der Waals surface area contributed by atoms with Crippen molar-refractivity contribution in [3.8, 4) is 0 Å². The van der Waals surface area contributed by atoms with Crippen molar-refractivity contribution in [1.82, 2.24) is 0 Å². The third kappa shape index (κ3) is 3.26. The normalized spacial score (nSPS) is 10.1. The van der Waals surface area contributed by atoms with Crippen LogP contribution in [-0.2, 0) is 18.0 Å². The number of aldehydes is 1. The average Bonchev–Trinajstić information content (AvgIpc) is 2.40. The Labute approximate surface area is 101 Å². The molecule has 2 aromatic carbocycles. The lowest BCUT2D eigenvalue weighted by Crippen LogP contribution is -1.97. The maximum absolute atomic E-state index is 10.8. The highest BCUT2D eigenvalue weighted by molar-refractivity contribution is 5.76. The Bertz CT molecular complexity index is 477. The second-order valence-electron chi connectivity index (χ2n) is 3.80. The molecule has 86 valence electrons. The first-order valence-corrected chi connectivity index (χ1v) is 5.55. The lowest BCUT2D eigenvalue weighted by atomic mass is 10.1. The van der Waals surface area contributed by atoms with Crippen molar-refractivity contribution in [3.05, 3.63) is 71.3 Å². The fourth-order valence-corrected chi connectivity index (χ4v) is 1.63. The minimum absolute atomic E-state index is 0.462. The fourth-order valence-electron chi connectivity index (χ4n) is 1.63. The van der Waals surface area contributed by atoms with Gasteiger partial charge in [0.1, 0.15) is 6.29 Å². The van der Waals surface area contributed by atoms with Gasteiger partial charge in [0.15, 0.2) is 0 Å². The van der Waals surface area contributed by atoms with Crippen LogP contribution in [0.1, 0.15) is 21.5 Å². The van der Waals surface area contributed by atoms with E-state index in [-0.39, 0.29) is 0 Å². The van der Waals surface area contributed by atoms with Gasteiger partial charge in [0.2, 0.25) is 0 Å². The molecule has 0 radical (unpaired) electrons. The molecule has 2 rings (SSSR count). The van der Waals surface area contributed by atoms with E-state index in [0.717, 1.165) is 17.4 Å². The molecule has 0 aliphatic carbocycles. The largest absolute Gasteiger partial charge is 0.372 e. The zero-order chi connectivity index (χ0) is 11.9. The summed E-state index contributed by atoms with van der Waals surface area (Å²) in [4.78, 5) is 10.8. The highest BCUT2D eigenvalue weighted by Crippen LogP contribution is 2.09. The number of hydrogen-bond donors (Lipinski definition) is 0. The van der Waals surface area contributed by atoms with Gasteiger partial charge in [0.25, 0.3) is 0 Å². The Hall–Kier alpha value is -1.93. The second kappa shape index (κ2) is 5.97. The molecule has 0 atom stereocenters. The summed E-state index contributed by atoms with van der Waals surface area (Å²) >= 11 is 0. The Balaban J connectivity index is 1.92. The summed E-state index contributed by atoms with van der Waals surface area (Å²) in [7, 11) is 0. The topological polar surface area (TPSA) is 26.3 Å². The van der Waals surface area contributed by atoms with Crippen LogP contribution in [-0.4, -0.2) is 6.29 Å². The molecule has 0 amide bonds. The van der Waals surface area contributed by atoms with Crippen molar-refractivity contribution in [2.45, 2.75) is 13.2 Å². The van der Waals surface area contributed by atoms with E-state index in [1.165, 1.54) is 0 Å². The second-order valence-corrected chi connectivity index (χ2v) is 3.80. The molecular weight excluding hydrogens is 212 g/mol. The van der Waals surface area contributed by atoms with Crippen LogP contribution in [0.2, 0.25) is 0 Å². The maximum Gasteiger partial charge on any atom is 0.150 e. The van der Waals surface area contributed by atoms with Gasteiger partial charge in [-0.05, 0) is 11.1 Å². The standard InChI is InChI=1S/C15H14O2/c16-10-14-8-4-5-9-15(14)12-17-11-13-6-2-1-3-7-13/h1-10H,11-12H2. The molecule has 0 heterocycles. The number of rotatable bonds is 5. The average molecular weight is 226 g/mol. The van der Waals surface area contributed by atoms with E-state index >= 15 is 0 Å². The van der Waals surface area contributed by atoms with Gasteiger partial charge in [-0.15, -0.1) is 0 Å². The van der Waals surface area contributed by atoms with Crippen molar-refractivity contribution >= 4 is 6.29 Å². The molecule has 0 N–H and O–H groups in total. The zero-order valence-electron chi connectivity index (χ0n) is 9.50. The SMILES string of the molecule is O=Cc1ccccc1COCc1ccccc1. The number of carbonyl (C=O) groups excluding carboxylic acids is 1. The van der Waals surface area contributed by atoms with Gasteiger partial charge in [0.05, 0.1) is 13.2 Å². The van der Waals surface area contributed by atoms with Gasteiger partial charge >= 0.3 is 0 Å². The summed E-state index contributed by atoms with van der Waals surface area (Å²) < 4.78 is 5.59. The molecule has 2 heteroatoms. The molecule has 0 aliphatic heterocycles. The smallest absolute Gasteiger partial charge is 0.150 e. The van der Waals surface area contributed by atoms with Gasteiger partial charge in [-0.25, -0.2) is 0 Å². The van der Waals surface area contributed by atoms with Crippen LogP contribution >= 0.6 is 0 Å². The molecule has 0 saturated heterocycles. The summed E-state index contributed by atoms with van der Waals surface area (Å²) in [6.45, 7) is 1.03. The third-order valence-electron chi connectivity index (χ3n) is 2.55. The van der Waals surface area contributed by atoms with E-state index in [1.807, 2.05) is 48.5 Å². The lowest BCUT2D eigenvalue weighted by molar-refractivity contribution is 0.103. The highest BCUT2D eigenvalue weighted by atomic mass is 16.5. The van der Waals surface area contributed by atoms with Crippen molar-refractivity contribution in [1.29, 1.82) is 0 Å². The molecule has 0 spiro atoms. The molecule has 0 fully saturated rings. The van der Waals surface area contributed by atoms with Crippen LogP contribution in [0.4, 0.5) is 0 Å². The third-order valence-corrected chi connectivity index (χ3v) is 2.55. The van der Waals surface area contributed by atoms with Crippen LogP contribution in [0.3, 0.4) is 0 Å². The predicted octanol–water partition coefficient (Wildman–Crippen LogP) is 3.22. The lowest BCUT2D eigenvalue weighted by Gasteiger charge is -2.06. The van der Waals surface area contributed by atoms with E-state index in [1.54, 1.807) is 6.07 Å². The first kappa shape index (κ1) is 11.6.